The van der Waals surface area contributed by atoms with Gasteiger partial charge in [-0.25, -0.2) is 4.79 Å². The standard InChI is InChI=1S/C20H16ClN3O3/c1-12-17(10-13-9-14(21)5-6-18(13)22-12)19(25)23-15-3-2-4-16(11-15)24-7-8-27-20(24)26/h2-6,9-11H,7-8H2,1H3,(H,23,25). The van der Waals surface area contributed by atoms with Gasteiger partial charge in [0.15, 0.2) is 0 Å². The van der Waals surface area contributed by atoms with E-state index in [1.54, 1.807) is 49.4 Å². The Morgan fingerprint density at radius 3 is 2.85 bits per heavy atom. The second-order valence-corrected chi connectivity index (χ2v) is 6.67. The lowest BCUT2D eigenvalue weighted by atomic mass is 10.1. The third kappa shape index (κ3) is 3.44. The lowest BCUT2D eigenvalue weighted by Gasteiger charge is -2.14. The van der Waals surface area contributed by atoms with Crippen molar-refractivity contribution in [2.24, 2.45) is 0 Å². The van der Waals surface area contributed by atoms with Crippen LogP contribution in [0.15, 0.2) is 48.5 Å². The van der Waals surface area contributed by atoms with Crippen molar-refractivity contribution in [3.05, 3.63) is 64.8 Å². The number of ether oxygens (including phenoxy) is 1. The van der Waals surface area contributed by atoms with Crippen LogP contribution in [0, 0.1) is 6.92 Å². The lowest BCUT2D eigenvalue weighted by Crippen LogP contribution is -2.23. The zero-order valence-corrected chi connectivity index (χ0v) is 15.3. The minimum atomic E-state index is -0.384. The molecule has 136 valence electrons. The first kappa shape index (κ1) is 17.3. The smallest absolute Gasteiger partial charge is 0.414 e. The van der Waals surface area contributed by atoms with Gasteiger partial charge in [0.05, 0.1) is 23.3 Å². The highest BCUT2D eigenvalue weighted by Gasteiger charge is 2.23. The Morgan fingerprint density at radius 2 is 2.07 bits per heavy atom. The summed E-state index contributed by atoms with van der Waals surface area (Å²) in [6.07, 6.45) is -0.384. The maximum atomic E-state index is 12.8. The number of carbonyl (C=O) groups excluding carboxylic acids is 2. The molecule has 2 amide bonds. The number of aromatic nitrogens is 1. The van der Waals surface area contributed by atoms with Crippen LogP contribution in [0.5, 0.6) is 0 Å². The number of fused-ring (bicyclic) bond motifs is 1. The van der Waals surface area contributed by atoms with E-state index in [1.807, 2.05) is 6.07 Å². The molecule has 4 rings (SSSR count). The fourth-order valence-electron chi connectivity index (χ4n) is 3.05. The number of anilines is 2. The number of pyridine rings is 1. The van der Waals surface area contributed by atoms with Crippen LogP contribution in [0.1, 0.15) is 16.1 Å². The van der Waals surface area contributed by atoms with Crippen molar-refractivity contribution in [2.45, 2.75) is 6.92 Å². The second kappa shape index (κ2) is 6.89. The zero-order chi connectivity index (χ0) is 19.0. The van der Waals surface area contributed by atoms with E-state index < -0.39 is 0 Å². The molecule has 1 aromatic heterocycles. The molecule has 0 aliphatic carbocycles. The van der Waals surface area contributed by atoms with E-state index in [4.69, 9.17) is 16.3 Å². The topological polar surface area (TPSA) is 71.5 Å². The Kier molecular flexibility index (Phi) is 4.41. The molecule has 1 aliphatic heterocycles. The molecule has 1 N–H and O–H groups in total. The number of halogens is 1. The average Bonchev–Trinajstić information content (AvgIpc) is 3.07. The fraction of sp³-hybridized carbons (Fsp3) is 0.150. The summed E-state index contributed by atoms with van der Waals surface area (Å²) >= 11 is 6.04. The lowest BCUT2D eigenvalue weighted by molar-refractivity contribution is 0.102. The van der Waals surface area contributed by atoms with Crippen LogP contribution in [-0.4, -0.2) is 30.1 Å². The van der Waals surface area contributed by atoms with Gasteiger partial charge in [-0.05, 0) is 49.4 Å². The van der Waals surface area contributed by atoms with E-state index in [0.29, 0.717) is 40.8 Å². The van der Waals surface area contributed by atoms with Crippen molar-refractivity contribution in [1.29, 1.82) is 0 Å². The Morgan fingerprint density at radius 1 is 1.22 bits per heavy atom. The van der Waals surface area contributed by atoms with Crippen LogP contribution >= 0.6 is 11.6 Å². The van der Waals surface area contributed by atoms with Gasteiger partial charge in [-0.1, -0.05) is 17.7 Å². The Labute approximate surface area is 160 Å². The maximum absolute atomic E-state index is 12.8. The molecule has 2 aromatic carbocycles. The van der Waals surface area contributed by atoms with Gasteiger partial charge in [-0.15, -0.1) is 0 Å². The summed E-state index contributed by atoms with van der Waals surface area (Å²) in [4.78, 5) is 30.5. The third-order valence-corrected chi connectivity index (χ3v) is 4.62. The molecule has 27 heavy (non-hydrogen) atoms. The number of cyclic esters (lactones) is 1. The van der Waals surface area contributed by atoms with Gasteiger partial charge < -0.3 is 10.1 Å². The minimum Gasteiger partial charge on any atom is -0.447 e. The Hall–Kier alpha value is -3.12. The maximum Gasteiger partial charge on any atom is 0.414 e. The minimum absolute atomic E-state index is 0.275. The SMILES string of the molecule is Cc1nc2ccc(Cl)cc2cc1C(=O)Nc1cccc(N2CCOC2=O)c1. The molecule has 0 radical (unpaired) electrons. The number of rotatable bonds is 3. The predicted octanol–water partition coefficient (Wildman–Crippen LogP) is 4.41. The molecule has 2 heterocycles. The largest absolute Gasteiger partial charge is 0.447 e. The molecule has 1 aliphatic rings. The molecule has 0 atom stereocenters. The summed E-state index contributed by atoms with van der Waals surface area (Å²) in [5, 5.41) is 4.25. The summed E-state index contributed by atoms with van der Waals surface area (Å²) in [6, 6.07) is 14.2. The van der Waals surface area contributed by atoms with Crippen molar-refractivity contribution in [3.8, 4) is 0 Å². The molecule has 0 unspecified atom stereocenters. The quantitative estimate of drug-likeness (QED) is 0.729. The predicted molar refractivity (Wildman–Crippen MR) is 105 cm³/mol. The van der Waals surface area contributed by atoms with Crippen LogP contribution in [-0.2, 0) is 4.74 Å². The average molecular weight is 382 g/mol. The summed E-state index contributed by atoms with van der Waals surface area (Å²) in [5.41, 5.74) is 3.14. The second-order valence-electron chi connectivity index (χ2n) is 6.23. The number of aryl methyl sites for hydroxylation is 1. The van der Waals surface area contributed by atoms with E-state index >= 15 is 0 Å². The number of hydrogen-bond donors (Lipinski definition) is 1. The first-order chi connectivity index (χ1) is 13.0. The summed E-state index contributed by atoms with van der Waals surface area (Å²) in [6.45, 7) is 2.64. The van der Waals surface area contributed by atoms with Crippen molar-refractivity contribution in [3.63, 3.8) is 0 Å². The normalized spacial score (nSPS) is 13.7. The van der Waals surface area contributed by atoms with Gasteiger partial charge >= 0.3 is 6.09 Å². The molecular formula is C20H16ClN3O3. The molecular weight excluding hydrogens is 366 g/mol. The number of nitrogens with zero attached hydrogens (tertiary/aromatic N) is 2. The van der Waals surface area contributed by atoms with Crippen molar-refractivity contribution in [2.75, 3.05) is 23.4 Å². The van der Waals surface area contributed by atoms with Crippen molar-refractivity contribution in [1.82, 2.24) is 4.98 Å². The van der Waals surface area contributed by atoms with E-state index in [-0.39, 0.29) is 12.0 Å². The third-order valence-electron chi connectivity index (χ3n) is 4.39. The molecule has 0 spiro atoms. The van der Waals surface area contributed by atoms with Crippen molar-refractivity contribution < 1.29 is 14.3 Å². The molecule has 3 aromatic rings. The summed E-state index contributed by atoms with van der Waals surface area (Å²) in [7, 11) is 0. The van der Waals surface area contributed by atoms with E-state index in [9.17, 15) is 9.59 Å². The molecule has 6 nitrogen and oxygen atoms in total. The fourth-order valence-corrected chi connectivity index (χ4v) is 3.23. The summed E-state index contributed by atoms with van der Waals surface area (Å²) < 4.78 is 4.96. The number of benzene rings is 2. The van der Waals surface area contributed by atoms with Crippen LogP contribution in [0.4, 0.5) is 16.2 Å². The molecule has 1 fully saturated rings. The van der Waals surface area contributed by atoms with E-state index in [2.05, 4.69) is 10.3 Å². The van der Waals surface area contributed by atoms with Gasteiger partial charge in [0, 0.05) is 21.8 Å². The molecule has 1 saturated heterocycles. The zero-order valence-electron chi connectivity index (χ0n) is 14.5. The van der Waals surface area contributed by atoms with Crippen LogP contribution < -0.4 is 10.2 Å². The highest BCUT2D eigenvalue weighted by Crippen LogP contribution is 2.24. The Bertz CT molecular complexity index is 1070. The molecule has 7 heteroatoms. The first-order valence-electron chi connectivity index (χ1n) is 8.44. The van der Waals surface area contributed by atoms with Crippen LogP contribution in [0.3, 0.4) is 0 Å². The number of nitrogens with one attached hydrogen (secondary N) is 1. The first-order valence-corrected chi connectivity index (χ1v) is 8.82. The number of amides is 2. The Balaban J connectivity index is 1.61. The highest BCUT2D eigenvalue weighted by atomic mass is 35.5. The van der Waals surface area contributed by atoms with Gasteiger partial charge in [0.2, 0.25) is 0 Å². The summed E-state index contributed by atoms with van der Waals surface area (Å²) in [5.74, 6) is -0.275. The van der Waals surface area contributed by atoms with Crippen LogP contribution in [0.2, 0.25) is 5.02 Å². The highest BCUT2D eigenvalue weighted by molar-refractivity contribution is 6.31. The van der Waals surface area contributed by atoms with Gasteiger partial charge in [-0.2, -0.15) is 0 Å². The van der Waals surface area contributed by atoms with E-state index in [1.165, 1.54) is 4.90 Å². The van der Waals surface area contributed by atoms with E-state index in [0.717, 1.165) is 10.9 Å². The van der Waals surface area contributed by atoms with Crippen molar-refractivity contribution >= 4 is 45.9 Å². The van der Waals surface area contributed by atoms with Gasteiger partial charge in [0.25, 0.3) is 5.91 Å². The number of carbonyl (C=O) groups is 2. The number of hydrogen-bond acceptors (Lipinski definition) is 4. The van der Waals surface area contributed by atoms with Gasteiger partial charge in [-0.3, -0.25) is 14.7 Å². The molecule has 0 bridgehead atoms. The van der Waals surface area contributed by atoms with Gasteiger partial charge in [0.1, 0.15) is 6.61 Å². The van der Waals surface area contributed by atoms with Crippen LogP contribution in [0.25, 0.3) is 10.9 Å². The monoisotopic (exact) mass is 381 g/mol. The molecule has 0 saturated carbocycles.